The summed E-state index contributed by atoms with van der Waals surface area (Å²) in [6.07, 6.45) is 9.31. The zero-order chi connectivity index (χ0) is 21.4. The molecule has 2 saturated heterocycles. The Balaban J connectivity index is 1.59. The van der Waals surface area contributed by atoms with E-state index in [0.29, 0.717) is 29.9 Å². The second-order valence-electron chi connectivity index (χ2n) is 8.65. The minimum absolute atomic E-state index is 0.324. The summed E-state index contributed by atoms with van der Waals surface area (Å²) in [5.41, 5.74) is 4.14. The predicted molar refractivity (Wildman–Crippen MR) is 124 cm³/mol. The minimum atomic E-state index is -2.55. The summed E-state index contributed by atoms with van der Waals surface area (Å²) in [4.78, 5) is 12.7. The Hall–Kier alpha value is -2.68. The van der Waals surface area contributed by atoms with Gasteiger partial charge in [0.25, 0.3) is 0 Å². The SMILES string of the molecule is Cc1cnc(NC2CCCNC2)nc1-c1c[nH]c2c(P3(=O)CCCC3)c(C#N)ccc12. The Bertz CT molecular complexity index is 1210. The highest BCUT2D eigenvalue weighted by Crippen LogP contribution is 2.53. The number of aryl methyl sites for hydroxylation is 1. The van der Waals surface area contributed by atoms with E-state index in [9.17, 15) is 9.83 Å². The number of nitriles is 1. The van der Waals surface area contributed by atoms with Crippen molar-refractivity contribution in [2.45, 2.75) is 38.6 Å². The van der Waals surface area contributed by atoms with Gasteiger partial charge in [0.2, 0.25) is 5.95 Å². The van der Waals surface area contributed by atoms with Crippen molar-refractivity contribution in [3.05, 3.63) is 35.7 Å². The molecular weight excluding hydrogens is 407 g/mol. The normalized spacial score (nSPS) is 20.6. The van der Waals surface area contributed by atoms with Crippen molar-refractivity contribution >= 4 is 29.3 Å². The second-order valence-corrected chi connectivity index (χ2v) is 11.8. The first-order valence-corrected chi connectivity index (χ1v) is 13.1. The molecule has 0 amide bonds. The summed E-state index contributed by atoms with van der Waals surface area (Å²) >= 11 is 0. The summed E-state index contributed by atoms with van der Waals surface area (Å²) in [5, 5.41) is 18.2. The van der Waals surface area contributed by atoms with Crippen LogP contribution >= 0.6 is 7.14 Å². The maximum absolute atomic E-state index is 13.7. The van der Waals surface area contributed by atoms with Gasteiger partial charge in [-0.2, -0.15) is 5.26 Å². The zero-order valence-corrected chi connectivity index (χ0v) is 18.6. The van der Waals surface area contributed by atoms with E-state index in [1.807, 2.05) is 31.5 Å². The van der Waals surface area contributed by atoms with Crippen LogP contribution in [0, 0.1) is 18.3 Å². The van der Waals surface area contributed by atoms with Crippen LogP contribution in [-0.2, 0) is 4.57 Å². The number of nitrogens with zero attached hydrogens (tertiary/aromatic N) is 3. The summed E-state index contributed by atoms with van der Waals surface area (Å²) in [6.45, 7) is 3.98. The van der Waals surface area contributed by atoms with Crippen molar-refractivity contribution < 1.29 is 4.57 Å². The smallest absolute Gasteiger partial charge is 0.223 e. The van der Waals surface area contributed by atoms with Gasteiger partial charge in [0.1, 0.15) is 7.14 Å². The molecule has 5 rings (SSSR count). The number of rotatable bonds is 4. The molecule has 1 aromatic carbocycles. The molecule has 3 aromatic rings. The number of H-pyrrole nitrogens is 1. The second kappa shape index (κ2) is 8.11. The Morgan fingerprint density at radius 2 is 2.10 bits per heavy atom. The Kier molecular flexibility index (Phi) is 5.29. The molecule has 0 spiro atoms. The number of benzene rings is 1. The number of aromatic nitrogens is 3. The van der Waals surface area contributed by atoms with Crippen LogP contribution in [0.1, 0.15) is 36.8 Å². The highest BCUT2D eigenvalue weighted by atomic mass is 31.2. The quantitative estimate of drug-likeness (QED) is 0.540. The van der Waals surface area contributed by atoms with Crippen LogP contribution in [0.4, 0.5) is 5.95 Å². The van der Waals surface area contributed by atoms with Crippen LogP contribution in [0.15, 0.2) is 24.5 Å². The first kappa shape index (κ1) is 20.2. The molecular formula is C23H27N6OP. The molecule has 0 bridgehead atoms. The van der Waals surface area contributed by atoms with Gasteiger partial charge in [-0.25, -0.2) is 9.97 Å². The summed E-state index contributed by atoms with van der Waals surface area (Å²) in [6, 6.07) is 6.36. The van der Waals surface area contributed by atoms with Crippen molar-refractivity contribution in [3.63, 3.8) is 0 Å². The van der Waals surface area contributed by atoms with Crippen LogP contribution in [0.2, 0.25) is 0 Å². The molecule has 2 aliphatic heterocycles. The van der Waals surface area contributed by atoms with Crippen molar-refractivity contribution in [1.82, 2.24) is 20.3 Å². The first-order chi connectivity index (χ1) is 15.1. The third-order valence-electron chi connectivity index (χ3n) is 6.50. The van der Waals surface area contributed by atoms with Crippen LogP contribution < -0.4 is 15.9 Å². The molecule has 2 aromatic heterocycles. The zero-order valence-electron chi connectivity index (χ0n) is 17.7. The third-order valence-corrected chi connectivity index (χ3v) is 9.86. The Morgan fingerprint density at radius 1 is 1.26 bits per heavy atom. The molecule has 0 saturated carbocycles. The number of aromatic amines is 1. The fourth-order valence-corrected chi connectivity index (χ4v) is 8.20. The Labute approximate surface area is 182 Å². The van der Waals surface area contributed by atoms with Crippen LogP contribution in [0.5, 0.6) is 0 Å². The molecule has 7 nitrogen and oxygen atoms in total. The Morgan fingerprint density at radius 3 is 2.84 bits per heavy atom. The molecule has 1 atom stereocenters. The van der Waals surface area contributed by atoms with Gasteiger partial charge in [-0.05, 0) is 50.8 Å². The lowest BCUT2D eigenvalue weighted by atomic mass is 10.1. The van der Waals surface area contributed by atoms with Gasteiger partial charge in [0.15, 0.2) is 0 Å². The van der Waals surface area contributed by atoms with E-state index < -0.39 is 7.14 Å². The lowest BCUT2D eigenvalue weighted by Crippen LogP contribution is -2.38. The van der Waals surface area contributed by atoms with E-state index in [1.54, 1.807) is 0 Å². The molecule has 0 aliphatic carbocycles. The number of nitrogens with one attached hydrogen (secondary N) is 3. The minimum Gasteiger partial charge on any atom is -0.360 e. The summed E-state index contributed by atoms with van der Waals surface area (Å²) in [5.74, 6) is 0.626. The number of anilines is 1. The molecule has 0 radical (unpaired) electrons. The topological polar surface area (TPSA) is 106 Å². The fraction of sp³-hybridized carbons (Fsp3) is 0.435. The maximum atomic E-state index is 13.7. The van der Waals surface area contributed by atoms with E-state index in [-0.39, 0.29) is 0 Å². The molecule has 2 fully saturated rings. The molecule has 1 unspecified atom stereocenters. The van der Waals surface area contributed by atoms with Crippen LogP contribution in [-0.4, -0.2) is 46.4 Å². The lowest BCUT2D eigenvalue weighted by Gasteiger charge is -2.24. The monoisotopic (exact) mass is 434 g/mol. The first-order valence-electron chi connectivity index (χ1n) is 11.0. The van der Waals surface area contributed by atoms with Gasteiger partial charge in [-0.1, -0.05) is 6.07 Å². The average molecular weight is 434 g/mol. The molecule has 8 heteroatoms. The summed E-state index contributed by atoms with van der Waals surface area (Å²) in [7, 11) is -2.55. The molecule has 160 valence electrons. The molecule has 3 N–H and O–H groups in total. The predicted octanol–water partition coefficient (Wildman–Crippen LogP) is 3.75. The number of hydrogen-bond acceptors (Lipinski definition) is 6. The van der Waals surface area contributed by atoms with E-state index >= 15 is 0 Å². The largest absolute Gasteiger partial charge is 0.360 e. The van der Waals surface area contributed by atoms with Crippen LogP contribution in [0.3, 0.4) is 0 Å². The number of piperidine rings is 1. The van der Waals surface area contributed by atoms with Gasteiger partial charge in [0.05, 0.1) is 28.1 Å². The molecule has 31 heavy (non-hydrogen) atoms. The number of fused-ring (bicyclic) bond motifs is 1. The molecule has 2 aliphatic rings. The van der Waals surface area contributed by atoms with Gasteiger partial charge in [0, 0.05) is 48.3 Å². The summed E-state index contributed by atoms with van der Waals surface area (Å²) < 4.78 is 13.7. The van der Waals surface area contributed by atoms with Gasteiger partial charge < -0.3 is 20.2 Å². The van der Waals surface area contributed by atoms with E-state index in [0.717, 1.165) is 71.8 Å². The highest BCUT2D eigenvalue weighted by molar-refractivity contribution is 7.72. The highest BCUT2D eigenvalue weighted by Gasteiger charge is 2.34. The van der Waals surface area contributed by atoms with Gasteiger partial charge in [-0.3, -0.25) is 0 Å². The molecule has 4 heterocycles. The van der Waals surface area contributed by atoms with Crippen molar-refractivity contribution in [3.8, 4) is 17.3 Å². The standard InChI is InChI=1S/C23H27N6OP/c1-15-12-27-23(28-17-5-4-8-25-13-17)29-20(15)19-14-26-21-18(19)7-6-16(11-24)22(21)31(30)9-2-3-10-31/h6-7,12,14,17,25-26H,2-5,8-10,13H2,1H3,(H,27,28,29). The lowest BCUT2D eigenvalue weighted by molar-refractivity contribution is 0.478. The van der Waals surface area contributed by atoms with Crippen LogP contribution in [0.25, 0.3) is 22.2 Å². The third kappa shape index (κ3) is 3.64. The van der Waals surface area contributed by atoms with E-state index in [2.05, 4.69) is 26.7 Å². The van der Waals surface area contributed by atoms with Gasteiger partial charge >= 0.3 is 0 Å². The fourth-order valence-electron chi connectivity index (χ4n) is 4.90. The number of hydrogen-bond donors (Lipinski definition) is 3. The van der Waals surface area contributed by atoms with Gasteiger partial charge in [-0.15, -0.1) is 0 Å². The average Bonchev–Trinajstić information content (AvgIpc) is 3.42. The van der Waals surface area contributed by atoms with E-state index in [4.69, 9.17) is 4.98 Å². The van der Waals surface area contributed by atoms with Crippen molar-refractivity contribution in [1.29, 1.82) is 5.26 Å². The van der Waals surface area contributed by atoms with Crippen molar-refractivity contribution in [2.75, 3.05) is 30.7 Å². The maximum Gasteiger partial charge on any atom is 0.223 e. The van der Waals surface area contributed by atoms with Crippen molar-refractivity contribution in [2.24, 2.45) is 0 Å². The van der Waals surface area contributed by atoms with E-state index in [1.165, 1.54) is 0 Å².